The molecule has 0 aromatic carbocycles. The molecule has 1 saturated heterocycles. The summed E-state index contributed by atoms with van der Waals surface area (Å²) in [5.74, 6) is -0.697. The van der Waals surface area contributed by atoms with Crippen LogP contribution in [0, 0.1) is 5.92 Å². The second-order valence-corrected chi connectivity index (χ2v) is 3.89. The minimum atomic E-state index is -1.15. The van der Waals surface area contributed by atoms with E-state index in [0.717, 1.165) is 19.3 Å². The minimum Gasteiger partial charge on any atom is -0.479 e. The van der Waals surface area contributed by atoms with Gasteiger partial charge in [-0.25, -0.2) is 9.59 Å². The molecule has 92 valence electrons. The van der Waals surface area contributed by atoms with Crippen molar-refractivity contribution < 1.29 is 24.5 Å². The summed E-state index contributed by atoms with van der Waals surface area (Å²) >= 11 is 0. The molecule has 0 aliphatic carbocycles. The van der Waals surface area contributed by atoms with Crippen LogP contribution in [0.1, 0.15) is 19.3 Å². The zero-order valence-corrected chi connectivity index (χ0v) is 9.09. The van der Waals surface area contributed by atoms with Crippen LogP contribution in [-0.4, -0.2) is 53.5 Å². The maximum Gasteiger partial charge on any atom is 0.410 e. The number of piperidine rings is 1. The van der Waals surface area contributed by atoms with Gasteiger partial charge in [0.2, 0.25) is 0 Å². The molecule has 0 saturated carbocycles. The number of hydrogen-bond donors (Lipinski definition) is 2. The van der Waals surface area contributed by atoms with E-state index in [1.165, 1.54) is 4.90 Å². The molecule has 2 N–H and O–H groups in total. The molecular weight excluding hydrogens is 214 g/mol. The summed E-state index contributed by atoms with van der Waals surface area (Å²) in [4.78, 5) is 23.1. The Labute approximate surface area is 93.8 Å². The van der Waals surface area contributed by atoms with Crippen LogP contribution in [0.4, 0.5) is 4.79 Å². The van der Waals surface area contributed by atoms with Gasteiger partial charge in [0.1, 0.15) is 0 Å². The molecular formula is C10H17NO5. The number of aliphatic hydroxyl groups excluding tert-OH is 1. The molecule has 1 fully saturated rings. The molecule has 1 amide bonds. The molecule has 0 aromatic rings. The van der Waals surface area contributed by atoms with Crippen LogP contribution in [0.3, 0.4) is 0 Å². The summed E-state index contributed by atoms with van der Waals surface area (Å²) in [6.45, 7) is 0.732. The zero-order valence-electron chi connectivity index (χ0n) is 9.09. The average Bonchev–Trinajstić information content (AvgIpc) is 2.27. The van der Waals surface area contributed by atoms with Crippen molar-refractivity contribution in [3.8, 4) is 0 Å². The van der Waals surface area contributed by atoms with Crippen molar-refractivity contribution in [1.29, 1.82) is 0 Å². The summed E-state index contributed by atoms with van der Waals surface area (Å²) in [6.07, 6.45) is 1.87. The number of carboxylic acids is 1. The van der Waals surface area contributed by atoms with E-state index < -0.39 is 18.7 Å². The SMILES string of the molecule is O=C(O)COC(=O)N1CCC(CCO)CC1. The Balaban J connectivity index is 2.24. The van der Waals surface area contributed by atoms with Gasteiger partial charge in [-0.15, -0.1) is 0 Å². The molecule has 1 heterocycles. The van der Waals surface area contributed by atoms with Gasteiger partial charge in [0.25, 0.3) is 0 Å². The van der Waals surface area contributed by atoms with E-state index in [0.29, 0.717) is 19.0 Å². The lowest BCUT2D eigenvalue weighted by molar-refractivity contribution is -0.140. The van der Waals surface area contributed by atoms with Crippen molar-refractivity contribution in [3.63, 3.8) is 0 Å². The van der Waals surface area contributed by atoms with Crippen LogP contribution in [0.15, 0.2) is 0 Å². The second kappa shape index (κ2) is 6.32. The maximum absolute atomic E-state index is 11.4. The van der Waals surface area contributed by atoms with Crippen molar-refractivity contribution in [2.75, 3.05) is 26.3 Å². The number of carboxylic acid groups (broad SMARTS) is 1. The topological polar surface area (TPSA) is 87.1 Å². The standard InChI is InChI=1S/C10H17NO5/c12-6-3-8-1-4-11(5-2-8)10(15)16-7-9(13)14/h8,12H,1-7H2,(H,13,14). The Morgan fingerprint density at radius 1 is 1.31 bits per heavy atom. The molecule has 1 aliphatic rings. The molecule has 0 spiro atoms. The first-order valence-corrected chi connectivity index (χ1v) is 5.38. The van der Waals surface area contributed by atoms with Gasteiger partial charge in [-0.2, -0.15) is 0 Å². The molecule has 0 unspecified atom stereocenters. The molecule has 6 heteroatoms. The number of carbonyl (C=O) groups excluding carboxylic acids is 1. The van der Waals surface area contributed by atoms with Crippen LogP contribution >= 0.6 is 0 Å². The normalized spacial score (nSPS) is 17.2. The fourth-order valence-electron chi connectivity index (χ4n) is 1.80. The number of amides is 1. The fraction of sp³-hybridized carbons (Fsp3) is 0.800. The van der Waals surface area contributed by atoms with Gasteiger partial charge >= 0.3 is 12.1 Å². The number of hydrogen-bond acceptors (Lipinski definition) is 4. The van der Waals surface area contributed by atoms with Gasteiger partial charge in [0, 0.05) is 19.7 Å². The molecule has 1 rings (SSSR count). The monoisotopic (exact) mass is 231 g/mol. The van der Waals surface area contributed by atoms with E-state index in [9.17, 15) is 9.59 Å². The van der Waals surface area contributed by atoms with Crippen LogP contribution in [0.5, 0.6) is 0 Å². The van der Waals surface area contributed by atoms with Gasteiger partial charge < -0.3 is 19.8 Å². The smallest absolute Gasteiger partial charge is 0.410 e. The van der Waals surface area contributed by atoms with Crippen molar-refractivity contribution in [2.24, 2.45) is 5.92 Å². The van der Waals surface area contributed by atoms with E-state index in [1.807, 2.05) is 0 Å². The Kier molecular flexibility index (Phi) is 5.04. The third kappa shape index (κ3) is 4.06. The van der Waals surface area contributed by atoms with Crippen LogP contribution in [-0.2, 0) is 9.53 Å². The highest BCUT2D eigenvalue weighted by molar-refractivity contribution is 5.74. The van der Waals surface area contributed by atoms with Gasteiger partial charge in [-0.05, 0) is 25.2 Å². The summed E-state index contributed by atoms with van der Waals surface area (Å²) in [5.41, 5.74) is 0. The van der Waals surface area contributed by atoms with Crippen molar-refractivity contribution in [2.45, 2.75) is 19.3 Å². The highest BCUT2D eigenvalue weighted by Gasteiger charge is 2.23. The lowest BCUT2D eigenvalue weighted by Gasteiger charge is -2.30. The van der Waals surface area contributed by atoms with E-state index in [1.54, 1.807) is 0 Å². The summed E-state index contributed by atoms with van der Waals surface area (Å²) in [7, 11) is 0. The maximum atomic E-state index is 11.4. The Morgan fingerprint density at radius 2 is 1.94 bits per heavy atom. The van der Waals surface area contributed by atoms with Gasteiger partial charge in [0.15, 0.2) is 6.61 Å². The number of aliphatic hydroxyl groups is 1. The first-order chi connectivity index (χ1) is 7.63. The third-order valence-corrected chi connectivity index (χ3v) is 2.73. The Hall–Kier alpha value is -1.30. The predicted octanol–water partition coefficient (Wildman–Crippen LogP) is 0.302. The highest BCUT2D eigenvalue weighted by Crippen LogP contribution is 2.20. The first kappa shape index (κ1) is 12.8. The quantitative estimate of drug-likeness (QED) is 0.726. The molecule has 1 aliphatic heterocycles. The van der Waals surface area contributed by atoms with Crippen molar-refractivity contribution in [1.82, 2.24) is 4.90 Å². The Morgan fingerprint density at radius 3 is 2.44 bits per heavy atom. The lowest BCUT2D eigenvalue weighted by Crippen LogP contribution is -2.39. The highest BCUT2D eigenvalue weighted by atomic mass is 16.6. The lowest BCUT2D eigenvalue weighted by atomic mass is 9.94. The van der Waals surface area contributed by atoms with Crippen molar-refractivity contribution >= 4 is 12.1 Å². The third-order valence-electron chi connectivity index (χ3n) is 2.73. The van der Waals surface area contributed by atoms with E-state index in [2.05, 4.69) is 4.74 Å². The molecule has 0 bridgehead atoms. The van der Waals surface area contributed by atoms with Gasteiger partial charge in [0.05, 0.1) is 0 Å². The molecule has 0 radical (unpaired) electrons. The molecule has 0 aromatic heterocycles. The largest absolute Gasteiger partial charge is 0.479 e. The minimum absolute atomic E-state index is 0.175. The van der Waals surface area contributed by atoms with E-state index >= 15 is 0 Å². The summed E-state index contributed by atoms with van der Waals surface area (Å²) in [5, 5.41) is 17.1. The van der Waals surface area contributed by atoms with Crippen molar-refractivity contribution in [3.05, 3.63) is 0 Å². The van der Waals surface area contributed by atoms with Crippen LogP contribution in [0.25, 0.3) is 0 Å². The molecule has 0 atom stereocenters. The number of carbonyl (C=O) groups is 2. The van der Waals surface area contributed by atoms with E-state index in [4.69, 9.17) is 10.2 Å². The number of likely N-dealkylation sites (tertiary alicyclic amines) is 1. The zero-order chi connectivity index (χ0) is 12.0. The summed E-state index contributed by atoms with van der Waals surface area (Å²) in [6, 6.07) is 0. The van der Waals surface area contributed by atoms with Gasteiger partial charge in [-0.1, -0.05) is 0 Å². The average molecular weight is 231 g/mol. The number of nitrogens with zero attached hydrogens (tertiary/aromatic N) is 1. The summed E-state index contributed by atoms with van der Waals surface area (Å²) < 4.78 is 4.58. The number of rotatable bonds is 4. The Bertz CT molecular complexity index is 248. The first-order valence-electron chi connectivity index (χ1n) is 5.38. The molecule has 6 nitrogen and oxygen atoms in total. The predicted molar refractivity (Wildman–Crippen MR) is 55.0 cm³/mol. The number of ether oxygens (including phenoxy) is 1. The second-order valence-electron chi connectivity index (χ2n) is 3.89. The van der Waals surface area contributed by atoms with Crippen LogP contribution < -0.4 is 0 Å². The van der Waals surface area contributed by atoms with E-state index in [-0.39, 0.29) is 6.61 Å². The number of aliphatic carboxylic acids is 1. The molecule has 16 heavy (non-hydrogen) atoms. The van der Waals surface area contributed by atoms with Gasteiger partial charge in [-0.3, -0.25) is 0 Å². The fourth-order valence-corrected chi connectivity index (χ4v) is 1.80. The van der Waals surface area contributed by atoms with Crippen LogP contribution in [0.2, 0.25) is 0 Å².